The lowest BCUT2D eigenvalue weighted by atomic mass is 10.2. The van der Waals surface area contributed by atoms with E-state index in [1.807, 2.05) is 71.5 Å². The summed E-state index contributed by atoms with van der Waals surface area (Å²) in [6.07, 6.45) is 4.30. The molecule has 4 rings (SSSR count). The predicted molar refractivity (Wildman–Crippen MR) is 104 cm³/mol. The maximum absolute atomic E-state index is 12.3. The van der Waals surface area contributed by atoms with Gasteiger partial charge in [0.2, 0.25) is 17.6 Å². The molecule has 0 aliphatic heterocycles. The summed E-state index contributed by atoms with van der Waals surface area (Å²) in [5, 5.41) is 11.1. The molecule has 4 aromatic rings. The van der Waals surface area contributed by atoms with Gasteiger partial charge in [-0.15, -0.1) is 0 Å². The van der Waals surface area contributed by atoms with E-state index in [0.29, 0.717) is 24.7 Å². The average Bonchev–Trinajstić information content (AvgIpc) is 3.39. The van der Waals surface area contributed by atoms with Gasteiger partial charge in [-0.05, 0) is 23.8 Å². The van der Waals surface area contributed by atoms with E-state index in [1.54, 1.807) is 6.20 Å². The topological polar surface area (TPSA) is 85.8 Å². The number of rotatable bonds is 7. The van der Waals surface area contributed by atoms with Crippen LogP contribution >= 0.6 is 0 Å². The smallest absolute Gasteiger partial charge is 0.227 e. The molecule has 0 bridgehead atoms. The largest absolute Gasteiger partial charge is 0.339 e. The zero-order chi connectivity index (χ0) is 19.2. The van der Waals surface area contributed by atoms with E-state index in [-0.39, 0.29) is 12.3 Å². The van der Waals surface area contributed by atoms with Gasteiger partial charge in [-0.2, -0.15) is 10.1 Å². The van der Waals surface area contributed by atoms with Crippen molar-refractivity contribution in [3.63, 3.8) is 0 Å². The molecule has 0 fully saturated rings. The van der Waals surface area contributed by atoms with Crippen molar-refractivity contribution in [3.05, 3.63) is 84.5 Å². The van der Waals surface area contributed by atoms with Crippen LogP contribution in [0.25, 0.3) is 11.4 Å². The molecule has 140 valence electrons. The maximum atomic E-state index is 12.3. The summed E-state index contributed by atoms with van der Waals surface area (Å²) in [6, 6.07) is 19.2. The first-order valence-electron chi connectivity index (χ1n) is 9.00. The van der Waals surface area contributed by atoms with Gasteiger partial charge < -0.3 is 9.84 Å². The lowest BCUT2D eigenvalue weighted by Crippen LogP contribution is -2.12. The predicted octanol–water partition coefficient (Wildman–Crippen LogP) is 3.55. The number of aryl methyl sites for hydroxylation is 1. The number of hydrogen-bond acceptors (Lipinski definition) is 5. The highest BCUT2D eigenvalue weighted by Gasteiger charge is 2.11. The molecule has 0 aliphatic carbocycles. The highest BCUT2D eigenvalue weighted by molar-refractivity contribution is 5.90. The molecule has 2 heterocycles. The van der Waals surface area contributed by atoms with Crippen molar-refractivity contribution >= 4 is 11.6 Å². The van der Waals surface area contributed by atoms with Crippen molar-refractivity contribution in [3.8, 4) is 11.4 Å². The molecule has 0 radical (unpaired) electrons. The molecular weight excluding hydrogens is 354 g/mol. The Morgan fingerprint density at radius 2 is 1.96 bits per heavy atom. The van der Waals surface area contributed by atoms with Crippen molar-refractivity contribution in [2.75, 3.05) is 5.32 Å². The average molecular weight is 373 g/mol. The Morgan fingerprint density at radius 3 is 2.79 bits per heavy atom. The molecule has 28 heavy (non-hydrogen) atoms. The first-order valence-corrected chi connectivity index (χ1v) is 9.00. The highest BCUT2D eigenvalue weighted by atomic mass is 16.5. The molecule has 0 unspecified atom stereocenters. The van der Waals surface area contributed by atoms with E-state index in [9.17, 15) is 4.79 Å². The Bertz CT molecular complexity index is 1040. The van der Waals surface area contributed by atoms with E-state index in [4.69, 9.17) is 4.52 Å². The minimum atomic E-state index is -0.101. The van der Waals surface area contributed by atoms with Gasteiger partial charge in [0.25, 0.3) is 0 Å². The molecule has 0 saturated carbocycles. The summed E-state index contributed by atoms with van der Waals surface area (Å²) in [4.78, 5) is 16.6. The minimum absolute atomic E-state index is 0.101. The highest BCUT2D eigenvalue weighted by Crippen LogP contribution is 2.16. The molecule has 0 atom stereocenters. The van der Waals surface area contributed by atoms with Gasteiger partial charge in [0.15, 0.2) is 0 Å². The third-order valence-corrected chi connectivity index (χ3v) is 4.18. The van der Waals surface area contributed by atoms with E-state index in [0.717, 1.165) is 16.8 Å². The summed E-state index contributed by atoms with van der Waals surface area (Å²) >= 11 is 0. The fourth-order valence-corrected chi connectivity index (χ4v) is 2.83. The second-order valence-electron chi connectivity index (χ2n) is 6.33. The summed E-state index contributed by atoms with van der Waals surface area (Å²) < 4.78 is 7.08. The number of hydrogen-bond donors (Lipinski definition) is 1. The summed E-state index contributed by atoms with van der Waals surface area (Å²) in [5.41, 5.74) is 2.70. The van der Waals surface area contributed by atoms with Crippen LogP contribution < -0.4 is 5.32 Å². The Kier molecular flexibility index (Phi) is 5.24. The molecular formula is C21H19N5O2. The van der Waals surface area contributed by atoms with Gasteiger partial charge in [0, 0.05) is 36.5 Å². The number of aromatic nitrogens is 4. The number of benzene rings is 2. The zero-order valence-electron chi connectivity index (χ0n) is 15.2. The second-order valence-corrected chi connectivity index (χ2v) is 6.33. The molecule has 7 heteroatoms. The van der Waals surface area contributed by atoms with Gasteiger partial charge in [-0.25, -0.2) is 0 Å². The lowest BCUT2D eigenvalue weighted by Gasteiger charge is -2.07. The maximum Gasteiger partial charge on any atom is 0.227 e. The fraction of sp³-hybridized carbons (Fsp3) is 0.143. The third-order valence-electron chi connectivity index (χ3n) is 4.18. The summed E-state index contributed by atoms with van der Waals surface area (Å²) in [6.45, 7) is 0.654. The van der Waals surface area contributed by atoms with Crippen molar-refractivity contribution < 1.29 is 9.32 Å². The van der Waals surface area contributed by atoms with Crippen LogP contribution in [0.3, 0.4) is 0 Å². The standard InChI is InChI=1S/C21H19N5O2/c27-19(10-11-20-24-21(25-28-20)17-7-2-1-3-8-17)23-18-9-4-6-16(14-18)15-26-13-5-12-22-26/h1-9,12-14H,10-11,15H2,(H,23,27). The number of amides is 1. The van der Waals surface area contributed by atoms with Crippen LogP contribution in [0.5, 0.6) is 0 Å². The van der Waals surface area contributed by atoms with E-state index >= 15 is 0 Å². The van der Waals surface area contributed by atoms with E-state index < -0.39 is 0 Å². The molecule has 1 amide bonds. The number of anilines is 1. The van der Waals surface area contributed by atoms with Crippen LogP contribution in [0, 0.1) is 0 Å². The van der Waals surface area contributed by atoms with Crippen LogP contribution in [-0.4, -0.2) is 25.8 Å². The second kappa shape index (κ2) is 8.30. The van der Waals surface area contributed by atoms with Crippen LogP contribution in [0.2, 0.25) is 0 Å². The Hall–Kier alpha value is -3.74. The van der Waals surface area contributed by atoms with Crippen LogP contribution in [0.15, 0.2) is 77.6 Å². The third kappa shape index (κ3) is 4.50. The van der Waals surface area contributed by atoms with Gasteiger partial charge in [0.1, 0.15) is 0 Å². The number of nitrogens with one attached hydrogen (secondary N) is 1. The fourth-order valence-electron chi connectivity index (χ4n) is 2.83. The minimum Gasteiger partial charge on any atom is -0.339 e. The van der Waals surface area contributed by atoms with Gasteiger partial charge >= 0.3 is 0 Å². The number of carbonyl (C=O) groups is 1. The molecule has 0 spiro atoms. The van der Waals surface area contributed by atoms with Gasteiger partial charge in [-0.3, -0.25) is 9.48 Å². The molecule has 7 nitrogen and oxygen atoms in total. The van der Waals surface area contributed by atoms with E-state index in [1.165, 1.54) is 0 Å². The number of carbonyl (C=O) groups excluding carboxylic acids is 1. The SMILES string of the molecule is O=C(CCc1nc(-c2ccccc2)no1)Nc1cccc(Cn2cccn2)c1. The lowest BCUT2D eigenvalue weighted by molar-refractivity contribution is -0.116. The molecule has 1 N–H and O–H groups in total. The zero-order valence-corrected chi connectivity index (χ0v) is 15.2. The van der Waals surface area contributed by atoms with Crippen molar-refractivity contribution in [2.45, 2.75) is 19.4 Å². The summed E-state index contributed by atoms with van der Waals surface area (Å²) in [7, 11) is 0. The quantitative estimate of drug-likeness (QED) is 0.535. The Balaban J connectivity index is 1.32. The normalized spacial score (nSPS) is 10.7. The monoisotopic (exact) mass is 373 g/mol. The molecule has 0 aliphatic rings. The molecule has 2 aromatic heterocycles. The van der Waals surface area contributed by atoms with Crippen LogP contribution in [0.1, 0.15) is 17.9 Å². The van der Waals surface area contributed by atoms with Crippen molar-refractivity contribution in [1.29, 1.82) is 0 Å². The number of nitrogens with zero attached hydrogens (tertiary/aromatic N) is 4. The Morgan fingerprint density at radius 1 is 1.07 bits per heavy atom. The van der Waals surface area contributed by atoms with Gasteiger partial charge in [-0.1, -0.05) is 47.6 Å². The van der Waals surface area contributed by atoms with Crippen LogP contribution in [-0.2, 0) is 17.8 Å². The van der Waals surface area contributed by atoms with Crippen molar-refractivity contribution in [1.82, 2.24) is 19.9 Å². The molecule has 2 aromatic carbocycles. The van der Waals surface area contributed by atoms with Gasteiger partial charge in [0.05, 0.1) is 6.54 Å². The van der Waals surface area contributed by atoms with Crippen LogP contribution in [0.4, 0.5) is 5.69 Å². The van der Waals surface area contributed by atoms with E-state index in [2.05, 4.69) is 20.6 Å². The Labute approximate surface area is 162 Å². The first kappa shape index (κ1) is 17.7. The van der Waals surface area contributed by atoms with Crippen molar-refractivity contribution in [2.24, 2.45) is 0 Å². The first-order chi connectivity index (χ1) is 13.8. The summed E-state index contributed by atoms with van der Waals surface area (Å²) in [5.74, 6) is 0.875. The molecule has 0 saturated heterocycles.